The lowest BCUT2D eigenvalue weighted by molar-refractivity contribution is 0.215. The average molecular weight is 302 g/mol. The third kappa shape index (κ3) is 2.97. The summed E-state index contributed by atoms with van der Waals surface area (Å²) in [6, 6.07) is 6.70. The molecule has 22 heavy (non-hydrogen) atoms. The number of piperazine rings is 1. The molecule has 0 unspecified atom stereocenters. The molecule has 6 heteroatoms. The van der Waals surface area contributed by atoms with E-state index in [1.807, 2.05) is 12.1 Å². The number of rotatable bonds is 4. The Morgan fingerprint density at radius 2 is 1.82 bits per heavy atom. The average Bonchev–Trinajstić information content (AvgIpc) is 3.29. The number of aromatic nitrogens is 2. The van der Waals surface area contributed by atoms with E-state index >= 15 is 0 Å². The summed E-state index contributed by atoms with van der Waals surface area (Å²) in [7, 11) is 0. The molecule has 1 aliphatic heterocycles. The van der Waals surface area contributed by atoms with Gasteiger partial charge < -0.3 is 9.42 Å². The molecule has 5 nitrogen and oxygen atoms in total. The Kier molecular flexibility index (Phi) is 3.54. The second-order valence-electron chi connectivity index (χ2n) is 6.06. The molecule has 1 aromatic carbocycles. The van der Waals surface area contributed by atoms with Gasteiger partial charge in [0, 0.05) is 37.8 Å². The smallest absolute Gasteiger partial charge is 0.240 e. The summed E-state index contributed by atoms with van der Waals surface area (Å²) in [5, 5.41) is 4.06. The predicted molar refractivity (Wildman–Crippen MR) is 80.2 cm³/mol. The minimum absolute atomic E-state index is 0.190. The quantitative estimate of drug-likeness (QED) is 0.868. The Bertz CT molecular complexity index is 630. The topological polar surface area (TPSA) is 45.4 Å². The number of halogens is 1. The van der Waals surface area contributed by atoms with E-state index in [0.717, 1.165) is 50.1 Å². The number of benzene rings is 1. The standard InChI is InChI=1S/C16H19FN4O/c17-13-3-5-14(6-4-13)21-9-7-20(8-10-21)11-15-18-16(19-22-15)12-1-2-12/h3-6,12H,1-2,7-11H2. The first-order chi connectivity index (χ1) is 10.8. The first kappa shape index (κ1) is 13.7. The molecule has 0 radical (unpaired) electrons. The zero-order valence-electron chi connectivity index (χ0n) is 12.4. The van der Waals surface area contributed by atoms with E-state index in [1.54, 1.807) is 0 Å². The summed E-state index contributed by atoms with van der Waals surface area (Å²) in [5.41, 5.74) is 1.08. The van der Waals surface area contributed by atoms with Crippen LogP contribution >= 0.6 is 0 Å². The van der Waals surface area contributed by atoms with Gasteiger partial charge in [0.1, 0.15) is 5.82 Å². The summed E-state index contributed by atoms with van der Waals surface area (Å²) in [4.78, 5) is 9.08. The van der Waals surface area contributed by atoms with E-state index in [1.165, 1.54) is 25.0 Å². The Morgan fingerprint density at radius 3 is 2.50 bits per heavy atom. The molecule has 0 N–H and O–H groups in total. The number of nitrogens with zero attached hydrogens (tertiary/aromatic N) is 4. The second-order valence-corrected chi connectivity index (χ2v) is 6.06. The highest BCUT2D eigenvalue weighted by molar-refractivity contribution is 5.46. The van der Waals surface area contributed by atoms with E-state index in [2.05, 4.69) is 19.9 Å². The molecule has 0 spiro atoms. The molecule has 1 aliphatic carbocycles. The van der Waals surface area contributed by atoms with Gasteiger partial charge in [-0.15, -0.1) is 0 Å². The van der Waals surface area contributed by atoms with Crippen LogP contribution in [-0.4, -0.2) is 41.2 Å². The molecule has 2 heterocycles. The van der Waals surface area contributed by atoms with Gasteiger partial charge in [0.2, 0.25) is 5.89 Å². The normalized spacial score (nSPS) is 19.6. The molecule has 2 aromatic rings. The fourth-order valence-electron chi connectivity index (χ4n) is 2.85. The summed E-state index contributed by atoms with van der Waals surface area (Å²) in [5.74, 6) is 1.94. The number of anilines is 1. The monoisotopic (exact) mass is 302 g/mol. The summed E-state index contributed by atoms with van der Waals surface area (Å²) >= 11 is 0. The fourth-order valence-corrected chi connectivity index (χ4v) is 2.85. The minimum atomic E-state index is -0.190. The van der Waals surface area contributed by atoms with Crippen molar-refractivity contribution in [3.05, 3.63) is 41.8 Å². The van der Waals surface area contributed by atoms with Gasteiger partial charge in [0.15, 0.2) is 5.82 Å². The van der Waals surface area contributed by atoms with E-state index in [-0.39, 0.29) is 5.82 Å². The van der Waals surface area contributed by atoms with Gasteiger partial charge in [-0.3, -0.25) is 4.90 Å². The highest BCUT2D eigenvalue weighted by Gasteiger charge is 2.29. The van der Waals surface area contributed by atoms with Crippen molar-refractivity contribution in [1.29, 1.82) is 0 Å². The van der Waals surface area contributed by atoms with E-state index in [9.17, 15) is 4.39 Å². The van der Waals surface area contributed by atoms with Crippen LogP contribution in [0.2, 0.25) is 0 Å². The maximum atomic E-state index is 13.0. The zero-order valence-corrected chi connectivity index (χ0v) is 12.4. The molecule has 116 valence electrons. The van der Waals surface area contributed by atoms with Gasteiger partial charge in [-0.2, -0.15) is 4.98 Å². The Balaban J connectivity index is 1.32. The van der Waals surface area contributed by atoms with Crippen LogP contribution in [-0.2, 0) is 6.54 Å². The van der Waals surface area contributed by atoms with Gasteiger partial charge in [-0.1, -0.05) is 5.16 Å². The van der Waals surface area contributed by atoms with Crippen molar-refractivity contribution < 1.29 is 8.91 Å². The molecule has 0 atom stereocenters. The first-order valence-electron chi connectivity index (χ1n) is 7.83. The van der Waals surface area contributed by atoms with Gasteiger partial charge in [0.25, 0.3) is 0 Å². The van der Waals surface area contributed by atoms with Crippen LogP contribution in [0.4, 0.5) is 10.1 Å². The van der Waals surface area contributed by atoms with E-state index in [4.69, 9.17) is 4.52 Å². The molecule has 0 bridgehead atoms. The predicted octanol–water partition coefficient (Wildman–Crippen LogP) is 2.41. The summed E-state index contributed by atoms with van der Waals surface area (Å²) in [6.07, 6.45) is 2.38. The zero-order chi connectivity index (χ0) is 14.9. The van der Waals surface area contributed by atoms with Crippen molar-refractivity contribution in [3.63, 3.8) is 0 Å². The van der Waals surface area contributed by atoms with Crippen LogP contribution in [0.3, 0.4) is 0 Å². The molecular formula is C16H19FN4O. The maximum Gasteiger partial charge on any atom is 0.240 e. The Morgan fingerprint density at radius 1 is 1.09 bits per heavy atom. The Hall–Kier alpha value is -1.95. The molecule has 1 saturated heterocycles. The molecular weight excluding hydrogens is 283 g/mol. The maximum absolute atomic E-state index is 13.0. The highest BCUT2D eigenvalue weighted by Crippen LogP contribution is 2.38. The van der Waals surface area contributed by atoms with Crippen LogP contribution in [0.25, 0.3) is 0 Å². The van der Waals surface area contributed by atoms with E-state index in [0.29, 0.717) is 5.92 Å². The largest absolute Gasteiger partial charge is 0.369 e. The van der Waals surface area contributed by atoms with Gasteiger partial charge >= 0.3 is 0 Å². The molecule has 1 saturated carbocycles. The van der Waals surface area contributed by atoms with Crippen molar-refractivity contribution in [2.24, 2.45) is 0 Å². The van der Waals surface area contributed by atoms with E-state index < -0.39 is 0 Å². The van der Waals surface area contributed by atoms with Crippen LogP contribution in [0.15, 0.2) is 28.8 Å². The lowest BCUT2D eigenvalue weighted by Gasteiger charge is -2.35. The molecule has 2 fully saturated rings. The Labute approximate surface area is 128 Å². The van der Waals surface area contributed by atoms with Crippen LogP contribution in [0.1, 0.15) is 30.5 Å². The molecule has 2 aliphatic rings. The minimum Gasteiger partial charge on any atom is -0.369 e. The number of hydrogen-bond acceptors (Lipinski definition) is 5. The third-order valence-corrected chi connectivity index (χ3v) is 4.35. The molecule has 4 rings (SSSR count). The van der Waals surface area contributed by atoms with Crippen LogP contribution in [0, 0.1) is 5.82 Å². The highest BCUT2D eigenvalue weighted by atomic mass is 19.1. The van der Waals surface area contributed by atoms with Crippen molar-refractivity contribution in [2.45, 2.75) is 25.3 Å². The third-order valence-electron chi connectivity index (χ3n) is 4.35. The fraction of sp³-hybridized carbons (Fsp3) is 0.500. The van der Waals surface area contributed by atoms with Gasteiger partial charge in [-0.25, -0.2) is 4.39 Å². The summed E-state index contributed by atoms with van der Waals surface area (Å²) in [6.45, 7) is 4.46. The van der Waals surface area contributed by atoms with Gasteiger partial charge in [0.05, 0.1) is 6.54 Å². The number of hydrogen-bond donors (Lipinski definition) is 0. The van der Waals surface area contributed by atoms with Crippen LogP contribution < -0.4 is 4.90 Å². The first-order valence-corrected chi connectivity index (χ1v) is 7.83. The van der Waals surface area contributed by atoms with Gasteiger partial charge in [-0.05, 0) is 37.1 Å². The van der Waals surface area contributed by atoms with Crippen LogP contribution in [0.5, 0.6) is 0 Å². The van der Waals surface area contributed by atoms with Crippen molar-refractivity contribution in [3.8, 4) is 0 Å². The lowest BCUT2D eigenvalue weighted by Crippen LogP contribution is -2.46. The second kappa shape index (κ2) is 5.68. The van der Waals surface area contributed by atoms with Crippen molar-refractivity contribution in [1.82, 2.24) is 15.0 Å². The molecule has 1 aromatic heterocycles. The molecule has 0 amide bonds. The SMILES string of the molecule is Fc1ccc(N2CCN(Cc3nc(C4CC4)no3)CC2)cc1. The van der Waals surface area contributed by atoms with Crippen molar-refractivity contribution in [2.75, 3.05) is 31.1 Å². The summed E-state index contributed by atoms with van der Waals surface area (Å²) < 4.78 is 18.3. The van der Waals surface area contributed by atoms with Crippen molar-refractivity contribution >= 4 is 5.69 Å². The lowest BCUT2D eigenvalue weighted by atomic mass is 10.2.